The van der Waals surface area contributed by atoms with Crippen LogP contribution in [0.2, 0.25) is 0 Å². The normalized spacial score (nSPS) is 11.1. The number of rotatable bonds is 7. The maximum absolute atomic E-state index is 11.9. The second-order valence-corrected chi connectivity index (χ2v) is 8.16. The topological polar surface area (TPSA) is 78.4 Å². The molecular weight excluding hydrogens is 485 g/mol. The summed E-state index contributed by atoms with van der Waals surface area (Å²) in [6.45, 7) is 9.43. The summed E-state index contributed by atoms with van der Waals surface area (Å²) in [6.07, 6.45) is 0.523. The maximum Gasteiger partial charge on any atom is 0.224 e. The molecule has 1 aromatic carbocycles. The van der Waals surface area contributed by atoms with Crippen molar-refractivity contribution >= 4 is 52.9 Å². The number of halogens is 1. The monoisotopic (exact) mass is 515 g/mol. The first-order valence-corrected chi connectivity index (χ1v) is 9.95. The maximum atomic E-state index is 11.9. The van der Waals surface area contributed by atoms with Gasteiger partial charge in [-0.05, 0) is 37.5 Å². The fourth-order valence-corrected chi connectivity index (χ4v) is 3.53. The Labute approximate surface area is 188 Å². The molecule has 0 spiro atoms. The number of hydrogen-bond acceptors (Lipinski definition) is 4. The van der Waals surface area contributed by atoms with Gasteiger partial charge in [-0.3, -0.25) is 9.79 Å². The molecule has 0 bridgehead atoms. The highest BCUT2D eigenvalue weighted by Crippen LogP contribution is 2.16. The van der Waals surface area contributed by atoms with Crippen molar-refractivity contribution in [2.75, 3.05) is 12.4 Å². The number of anilines is 1. The summed E-state index contributed by atoms with van der Waals surface area (Å²) in [6, 6.07) is 7.86. The summed E-state index contributed by atoms with van der Waals surface area (Å²) in [4.78, 5) is 21.9. The summed E-state index contributed by atoms with van der Waals surface area (Å²) in [5.41, 5.74) is 2.95. The third-order valence-electron chi connectivity index (χ3n) is 3.90. The number of hydrogen-bond donors (Lipinski definition) is 3. The lowest BCUT2D eigenvalue weighted by Crippen LogP contribution is -2.36. The van der Waals surface area contributed by atoms with Crippen molar-refractivity contribution in [1.29, 1.82) is 0 Å². The van der Waals surface area contributed by atoms with Crippen molar-refractivity contribution in [3.63, 3.8) is 0 Å². The van der Waals surface area contributed by atoms with Crippen molar-refractivity contribution in [3.8, 4) is 0 Å². The molecule has 3 N–H and O–H groups in total. The van der Waals surface area contributed by atoms with E-state index in [1.54, 1.807) is 18.4 Å². The summed E-state index contributed by atoms with van der Waals surface area (Å²) >= 11 is 1.70. The van der Waals surface area contributed by atoms with Crippen LogP contribution in [-0.2, 0) is 17.9 Å². The van der Waals surface area contributed by atoms with Crippen LogP contribution in [0.1, 0.15) is 41.4 Å². The predicted octanol–water partition coefficient (Wildman–Crippen LogP) is 4.23. The van der Waals surface area contributed by atoms with Crippen molar-refractivity contribution in [2.45, 2.75) is 47.2 Å². The Morgan fingerprint density at radius 3 is 2.54 bits per heavy atom. The van der Waals surface area contributed by atoms with Gasteiger partial charge in [0.05, 0.1) is 17.2 Å². The fourth-order valence-electron chi connectivity index (χ4n) is 2.65. The third-order valence-corrected chi connectivity index (χ3v) is 4.98. The van der Waals surface area contributed by atoms with E-state index in [4.69, 9.17) is 0 Å². The molecule has 1 aromatic heterocycles. The smallest absolute Gasteiger partial charge is 0.224 e. The SMILES string of the molecule is CN=C(NCc1cccc(NC(=O)CC(C)C)c1)NCc1sc(C)nc1C.I. The highest BCUT2D eigenvalue weighted by atomic mass is 127. The van der Waals surface area contributed by atoms with Gasteiger partial charge in [0, 0.05) is 30.6 Å². The van der Waals surface area contributed by atoms with Crippen LogP contribution in [0.3, 0.4) is 0 Å². The van der Waals surface area contributed by atoms with Gasteiger partial charge in [-0.25, -0.2) is 4.98 Å². The van der Waals surface area contributed by atoms with Crippen LogP contribution in [0.4, 0.5) is 5.69 Å². The molecule has 28 heavy (non-hydrogen) atoms. The molecule has 0 aliphatic heterocycles. The Balaban J connectivity index is 0.00000392. The van der Waals surface area contributed by atoms with Crippen LogP contribution < -0.4 is 16.0 Å². The lowest BCUT2D eigenvalue weighted by molar-refractivity contribution is -0.116. The number of guanidine groups is 1. The Bertz CT molecular complexity index is 804. The van der Waals surface area contributed by atoms with Crippen molar-refractivity contribution in [3.05, 3.63) is 45.4 Å². The minimum Gasteiger partial charge on any atom is -0.352 e. The predicted molar refractivity (Wildman–Crippen MR) is 129 cm³/mol. The highest BCUT2D eigenvalue weighted by molar-refractivity contribution is 14.0. The summed E-state index contributed by atoms with van der Waals surface area (Å²) in [5.74, 6) is 1.12. The van der Waals surface area contributed by atoms with Gasteiger partial charge >= 0.3 is 0 Å². The van der Waals surface area contributed by atoms with Crippen LogP contribution in [0.5, 0.6) is 0 Å². The quantitative estimate of drug-likeness (QED) is 0.293. The van der Waals surface area contributed by atoms with E-state index < -0.39 is 0 Å². The van der Waals surface area contributed by atoms with Crippen LogP contribution >= 0.6 is 35.3 Å². The van der Waals surface area contributed by atoms with Crippen molar-refractivity contribution in [2.24, 2.45) is 10.9 Å². The fraction of sp³-hybridized carbons (Fsp3) is 0.450. The molecule has 0 saturated heterocycles. The Kier molecular flexibility index (Phi) is 10.4. The molecule has 0 radical (unpaired) electrons. The molecule has 6 nitrogen and oxygen atoms in total. The minimum absolute atomic E-state index is 0. The number of carbonyl (C=O) groups is 1. The molecule has 0 saturated carbocycles. The molecule has 1 amide bonds. The number of aliphatic imine (C=N–C) groups is 1. The van der Waals surface area contributed by atoms with Gasteiger partial charge in [0.2, 0.25) is 5.91 Å². The standard InChI is InChI=1S/C20H29N5OS.HI/c1-13(2)9-19(26)25-17-8-6-7-16(10-17)11-22-20(21-5)23-12-18-14(3)24-15(4)27-18;/h6-8,10,13H,9,11-12H2,1-5H3,(H,25,26)(H2,21,22,23);1H. The van der Waals surface area contributed by atoms with Crippen molar-refractivity contribution < 1.29 is 4.79 Å². The number of aryl methyl sites for hydroxylation is 2. The van der Waals surface area contributed by atoms with Gasteiger partial charge in [-0.15, -0.1) is 35.3 Å². The molecule has 0 unspecified atom stereocenters. The first-order chi connectivity index (χ1) is 12.9. The van der Waals surface area contributed by atoms with Gasteiger partial charge in [-0.2, -0.15) is 0 Å². The first-order valence-electron chi connectivity index (χ1n) is 9.13. The van der Waals surface area contributed by atoms with E-state index in [0.29, 0.717) is 25.4 Å². The number of amides is 1. The van der Waals surface area contributed by atoms with E-state index in [1.165, 1.54) is 4.88 Å². The molecule has 0 atom stereocenters. The zero-order chi connectivity index (χ0) is 19.8. The van der Waals surface area contributed by atoms with Crippen LogP contribution in [0.25, 0.3) is 0 Å². The van der Waals surface area contributed by atoms with E-state index in [1.807, 2.05) is 52.0 Å². The van der Waals surface area contributed by atoms with Gasteiger partial charge in [0.25, 0.3) is 0 Å². The molecule has 2 rings (SSSR count). The Hall–Kier alpha value is -1.68. The summed E-state index contributed by atoms with van der Waals surface area (Å²) in [5, 5.41) is 10.6. The van der Waals surface area contributed by atoms with E-state index in [-0.39, 0.29) is 29.9 Å². The van der Waals surface area contributed by atoms with Crippen LogP contribution in [0, 0.1) is 19.8 Å². The van der Waals surface area contributed by atoms with Crippen LogP contribution in [-0.4, -0.2) is 23.9 Å². The molecule has 0 aliphatic rings. The average Bonchev–Trinajstić information content (AvgIpc) is 2.92. The molecule has 8 heteroatoms. The Morgan fingerprint density at radius 2 is 1.93 bits per heavy atom. The second kappa shape index (κ2) is 12.0. The Morgan fingerprint density at radius 1 is 1.21 bits per heavy atom. The zero-order valence-corrected chi connectivity index (χ0v) is 20.3. The highest BCUT2D eigenvalue weighted by Gasteiger charge is 2.07. The van der Waals surface area contributed by atoms with E-state index >= 15 is 0 Å². The molecule has 154 valence electrons. The number of benzene rings is 1. The van der Waals surface area contributed by atoms with Gasteiger partial charge in [0.1, 0.15) is 0 Å². The van der Waals surface area contributed by atoms with Crippen molar-refractivity contribution in [1.82, 2.24) is 15.6 Å². The van der Waals surface area contributed by atoms with Crippen LogP contribution in [0.15, 0.2) is 29.3 Å². The molecule has 0 fully saturated rings. The van der Waals surface area contributed by atoms with Gasteiger partial charge in [0.15, 0.2) is 5.96 Å². The third kappa shape index (κ3) is 8.14. The summed E-state index contributed by atoms with van der Waals surface area (Å²) < 4.78 is 0. The number of nitrogens with one attached hydrogen (secondary N) is 3. The van der Waals surface area contributed by atoms with E-state index in [2.05, 4.69) is 25.9 Å². The number of nitrogens with zero attached hydrogens (tertiary/aromatic N) is 2. The van der Waals surface area contributed by atoms with Gasteiger partial charge in [-0.1, -0.05) is 26.0 Å². The second-order valence-electron chi connectivity index (χ2n) is 6.87. The minimum atomic E-state index is 0. The zero-order valence-electron chi connectivity index (χ0n) is 17.1. The lowest BCUT2D eigenvalue weighted by Gasteiger charge is -2.13. The largest absolute Gasteiger partial charge is 0.352 e. The molecule has 1 heterocycles. The first kappa shape index (κ1) is 24.4. The number of carbonyl (C=O) groups excluding carboxylic acids is 1. The number of thiazole rings is 1. The van der Waals surface area contributed by atoms with E-state index in [0.717, 1.165) is 27.9 Å². The molecular formula is C20H30IN5OS. The van der Waals surface area contributed by atoms with E-state index in [9.17, 15) is 4.79 Å². The number of aromatic nitrogens is 1. The lowest BCUT2D eigenvalue weighted by atomic mass is 10.1. The van der Waals surface area contributed by atoms with Gasteiger partial charge < -0.3 is 16.0 Å². The summed E-state index contributed by atoms with van der Waals surface area (Å²) in [7, 11) is 1.75. The average molecular weight is 515 g/mol. The molecule has 0 aliphatic carbocycles. The molecule has 2 aromatic rings.